The largest absolute Gasteiger partial charge is 0.409 e. The van der Waals surface area contributed by atoms with Crippen LogP contribution in [0.4, 0.5) is 0 Å². The fourth-order valence-corrected chi connectivity index (χ4v) is 3.04. The lowest BCUT2D eigenvalue weighted by molar-refractivity contribution is -0.134. The van der Waals surface area contributed by atoms with Crippen molar-refractivity contribution < 1.29 is 38.2 Å². The van der Waals surface area contributed by atoms with Crippen LogP contribution in [0.3, 0.4) is 0 Å². The van der Waals surface area contributed by atoms with E-state index >= 15 is 0 Å². The van der Waals surface area contributed by atoms with E-state index in [1.165, 1.54) is 0 Å². The summed E-state index contributed by atoms with van der Waals surface area (Å²) >= 11 is 0. The molecule has 0 rings (SSSR count). The van der Waals surface area contributed by atoms with E-state index in [9.17, 15) is 24.0 Å². The first-order chi connectivity index (χ1) is 16.9. The fraction of sp³-hybridized carbons (Fsp3) is 0.783. The monoisotopic (exact) mass is 502 g/mol. The van der Waals surface area contributed by atoms with E-state index in [1.54, 1.807) is 20.8 Å². The number of nitrogens with one attached hydrogen (secondary N) is 2. The number of carbonyl (C=O) groups is 5. The number of ether oxygens (including phenoxy) is 3. The SMILES string of the molecule is [B]CC(=O)CCOCC(COCCC(=O)N[B])(COCCC(=O)N[B])CC(=O)CCC(=O)C(C)(C)C. The van der Waals surface area contributed by atoms with E-state index < -0.39 is 22.6 Å². The van der Waals surface area contributed by atoms with Crippen molar-refractivity contribution in [1.29, 1.82) is 0 Å². The summed E-state index contributed by atoms with van der Waals surface area (Å²) in [4.78, 5) is 59.5. The number of hydrogen-bond acceptors (Lipinski definition) is 8. The van der Waals surface area contributed by atoms with E-state index in [4.69, 9.17) is 38.0 Å². The zero-order chi connectivity index (χ0) is 27.6. The molecule has 0 unspecified atom stereocenters. The van der Waals surface area contributed by atoms with Crippen molar-refractivity contribution in [2.75, 3.05) is 39.6 Å². The van der Waals surface area contributed by atoms with Crippen molar-refractivity contribution in [3.05, 3.63) is 0 Å². The van der Waals surface area contributed by atoms with Crippen LogP contribution in [-0.2, 0) is 38.2 Å². The van der Waals surface area contributed by atoms with Crippen LogP contribution in [0.25, 0.3) is 0 Å². The lowest BCUT2D eigenvalue weighted by Gasteiger charge is -2.33. The van der Waals surface area contributed by atoms with Gasteiger partial charge in [-0.1, -0.05) is 20.8 Å². The predicted molar refractivity (Wildman–Crippen MR) is 135 cm³/mol. The third-order valence-electron chi connectivity index (χ3n) is 5.29. The topological polar surface area (TPSA) is 137 Å². The molecule has 10 nitrogen and oxygen atoms in total. The summed E-state index contributed by atoms with van der Waals surface area (Å²) in [5.41, 5.74) is -1.55. The van der Waals surface area contributed by atoms with Crippen LogP contribution >= 0.6 is 0 Å². The molecule has 0 saturated carbocycles. The van der Waals surface area contributed by atoms with Crippen LogP contribution < -0.4 is 10.5 Å². The second-order valence-electron chi connectivity index (χ2n) is 9.67. The van der Waals surface area contributed by atoms with Crippen LogP contribution in [0.15, 0.2) is 0 Å². The maximum Gasteiger partial charge on any atom is 0.226 e. The maximum atomic E-state index is 12.9. The molecule has 0 saturated heterocycles. The molecule has 2 N–H and O–H groups in total. The van der Waals surface area contributed by atoms with Crippen molar-refractivity contribution >= 4 is 53.0 Å². The van der Waals surface area contributed by atoms with Crippen LogP contribution in [-0.4, -0.2) is 92.6 Å². The van der Waals surface area contributed by atoms with Gasteiger partial charge in [-0.2, -0.15) is 0 Å². The highest BCUT2D eigenvalue weighted by atomic mass is 16.5. The summed E-state index contributed by atoms with van der Waals surface area (Å²) in [5.74, 6) is -1.24. The Morgan fingerprint density at radius 2 is 1.11 bits per heavy atom. The zero-order valence-electron chi connectivity index (χ0n) is 21.7. The molecule has 0 aliphatic heterocycles. The highest BCUT2D eigenvalue weighted by Crippen LogP contribution is 2.27. The number of ketones is 3. The molecule has 13 heteroatoms. The highest BCUT2D eigenvalue weighted by Gasteiger charge is 2.35. The van der Waals surface area contributed by atoms with Gasteiger partial charge < -0.3 is 29.5 Å². The molecule has 0 bridgehead atoms. The molecule has 0 spiro atoms. The minimum absolute atomic E-state index is 0.00397. The molecular formula is C23H37B3N2O8. The number of hydrogen-bond donors (Lipinski definition) is 2. The first-order valence-electron chi connectivity index (χ1n) is 11.9. The summed E-state index contributed by atoms with van der Waals surface area (Å²) in [6.45, 7) is 5.47. The Kier molecular flexibility index (Phi) is 17.3. The lowest BCUT2D eigenvalue weighted by atomic mass is 9.82. The Balaban J connectivity index is 5.43. The fourth-order valence-electron chi connectivity index (χ4n) is 3.04. The highest BCUT2D eigenvalue weighted by molar-refractivity contribution is 6.20. The van der Waals surface area contributed by atoms with Gasteiger partial charge in [0.15, 0.2) is 0 Å². The quantitative estimate of drug-likeness (QED) is 0.167. The molecule has 0 aromatic heterocycles. The molecule has 36 heavy (non-hydrogen) atoms. The minimum Gasteiger partial charge on any atom is -0.409 e. The van der Waals surface area contributed by atoms with Crippen molar-refractivity contribution in [1.82, 2.24) is 10.5 Å². The predicted octanol–water partition coefficient (Wildman–Crippen LogP) is 0.103. The van der Waals surface area contributed by atoms with E-state index in [0.717, 1.165) is 0 Å². The number of amides is 2. The van der Waals surface area contributed by atoms with Gasteiger partial charge in [-0.15, -0.1) is 0 Å². The maximum absolute atomic E-state index is 12.9. The second kappa shape index (κ2) is 18.3. The van der Waals surface area contributed by atoms with Gasteiger partial charge in [-0.25, -0.2) is 0 Å². The summed E-state index contributed by atoms with van der Waals surface area (Å²) in [7, 11) is 15.5. The van der Waals surface area contributed by atoms with Crippen LogP contribution in [0.2, 0.25) is 6.32 Å². The smallest absolute Gasteiger partial charge is 0.226 e. The molecule has 6 radical (unpaired) electrons. The Morgan fingerprint density at radius 1 is 0.667 bits per heavy atom. The zero-order valence-corrected chi connectivity index (χ0v) is 21.7. The van der Waals surface area contributed by atoms with Crippen molar-refractivity contribution in [3.8, 4) is 0 Å². The number of rotatable bonds is 21. The standard InChI is InChI=1S/C23H37B3N2O8/c1-22(2,3)19(31)5-4-17(29)12-23(14-34-9-6-18(30)13-24,15-35-10-7-20(32)27-25)16-36-11-8-21(33)28-26/h4-16H2,1-3H3,(H,27,32)(H,28,33). The number of carbonyl (C=O) groups excluding carboxylic acids is 5. The molecule has 0 atom stereocenters. The van der Waals surface area contributed by atoms with Crippen LogP contribution in [0.1, 0.15) is 59.3 Å². The lowest BCUT2D eigenvalue weighted by Crippen LogP contribution is -2.40. The summed E-state index contributed by atoms with van der Waals surface area (Å²) in [5, 5.41) is 4.01. The Labute approximate surface area is 218 Å². The molecule has 0 heterocycles. The normalized spacial score (nSPS) is 11.6. The molecule has 2 amide bonds. The van der Waals surface area contributed by atoms with Gasteiger partial charge in [0.05, 0.1) is 47.5 Å². The van der Waals surface area contributed by atoms with E-state index in [1.807, 2.05) is 10.5 Å². The summed E-state index contributed by atoms with van der Waals surface area (Å²) < 4.78 is 17.0. The van der Waals surface area contributed by atoms with Crippen molar-refractivity contribution in [3.63, 3.8) is 0 Å². The molecule has 0 aliphatic carbocycles. The van der Waals surface area contributed by atoms with Gasteiger partial charge in [0.25, 0.3) is 0 Å². The van der Waals surface area contributed by atoms with Crippen molar-refractivity contribution in [2.45, 2.75) is 65.6 Å². The average Bonchev–Trinajstić information content (AvgIpc) is 2.84. The Morgan fingerprint density at radius 3 is 1.50 bits per heavy atom. The molecule has 0 aliphatic rings. The van der Waals surface area contributed by atoms with Gasteiger partial charge in [-0.3, -0.25) is 19.2 Å². The van der Waals surface area contributed by atoms with Gasteiger partial charge in [0.1, 0.15) is 17.3 Å². The van der Waals surface area contributed by atoms with E-state index in [2.05, 4.69) is 0 Å². The molecule has 196 valence electrons. The van der Waals surface area contributed by atoms with Crippen molar-refractivity contribution in [2.24, 2.45) is 10.8 Å². The van der Waals surface area contributed by atoms with Crippen LogP contribution in [0.5, 0.6) is 0 Å². The third kappa shape index (κ3) is 15.9. The number of Topliss-reactive ketones (excluding diaryl/α,β-unsaturated/α-hetero) is 3. The van der Waals surface area contributed by atoms with Gasteiger partial charge in [0, 0.05) is 49.4 Å². The first-order valence-corrected chi connectivity index (χ1v) is 11.9. The first kappa shape index (κ1) is 34.0. The molecule has 0 aromatic rings. The molecule has 0 fully saturated rings. The van der Waals surface area contributed by atoms with E-state index in [-0.39, 0.29) is 102 Å². The van der Waals surface area contributed by atoms with Gasteiger partial charge in [0.2, 0.25) is 27.8 Å². The third-order valence-corrected chi connectivity index (χ3v) is 5.29. The van der Waals surface area contributed by atoms with Gasteiger partial charge >= 0.3 is 0 Å². The minimum atomic E-state index is -0.994. The van der Waals surface area contributed by atoms with Gasteiger partial charge in [-0.05, 0) is 6.32 Å². The Bertz CT molecular complexity index is 669. The Hall–Kier alpha value is -1.98. The average molecular weight is 502 g/mol. The van der Waals surface area contributed by atoms with Crippen LogP contribution in [0, 0.1) is 10.8 Å². The molecule has 0 aromatic carbocycles. The summed E-state index contributed by atoms with van der Waals surface area (Å²) in [6, 6.07) is 0. The molecular weight excluding hydrogens is 465 g/mol. The van der Waals surface area contributed by atoms with E-state index in [0.29, 0.717) is 0 Å². The summed E-state index contributed by atoms with van der Waals surface area (Å²) in [6.07, 6.45) is 0.104. The second-order valence-corrected chi connectivity index (χ2v) is 9.67.